The highest BCUT2D eigenvalue weighted by Gasteiger charge is 2.27. The molecule has 2 unspecified atom stereocenters. The molecule has 2 rings (SSSR count). The van der Waals surface area contributed by atoms with Gasteiger partial charge in [-0.2, -0.15) is 0 Å². The summed E-state index contributed by atoms with van der Waals surface area (Å²) >= 11 is 1.59. The van der Waals surface area contributed by atoms with Crippen LogP contribution in [0, 0.1) is 6.92 Å². The van der Waals surface area contributed by atoms with Crippen LogP contribution in [0.1, 0.15) is 36.1 Å². The SMILES string of the molecule is Cc1ncc(C=CC(=O)N2CCCCC2C(C)N)s1. The van der Waals surface area contributed by atoms with Gasteiger partial charge in [0.05, 0.1) is 5.01 Å². The third kappa shape index (κ3) is 3.64. The van der Waals surface area contributed by atoms with Gasteiger partial charge < -0.3 is 10.6 Å². The van der Waals surface area contributed by atoms with Crippen LogP contribution in [-0.2, 0) is 4.79 Å². The summed E-state index contributed by atoms with van der Waals surface area (Å²) in [5, 5.41) is 1.01. The molecule has 4 nitrogen and oxygen atoms in total. The molecule has 2 N–H and O–H groups in total. The van der Waals surface area contributed by atoms with Crippen molar-refractivity contribution in [2.45, 2.75) is 45.2 Å². The molecule has 1 aliphatic heterocycles. The number of hydrogen-bond donors (Lipinski definition) is 1. The van der Waals surface area contributed by atoms with E-state index in [0.29, 0.717) is 0 Å². The Kier molecular flexibility index (Phi) is 4.71. The van der Waals surface area contributed by atoms with Gasteiger partial charge in [-0.05, 0) is 39.2 Å². The Morgan fingerprint density at radius 3 is 3.05 bits per heavy atom. The molecular formula is C14H21N3OS. The first kappa shape index (κ1) is 14.2. The number of aromatic nitrogens is 1. The predicted octanol–water partition coefficient (Wildman–Crippen LogP) is 2.19. The van der Waals surface area contributed by atoms with Gasteiger partial charge in [0, 0.05) is 35.8 Å². The molecular weight excluding hydrogens is 258 g/mol. The standard InChI is InChI=1S/C14H21N3OS/c1-10(15)13-5-3-4-8-17(13)14(18)7-6-12-9-16-11(2)19-12/h6-7,9-10,13H,3-5,8,15H2,1-2H3. The number of amides is 1. The Hall–Kier alpha value is -1.20. The van der Waals surface area contributed by atoms with E-state index in [1.54, 1.807) is 23.6 Å². The number of nitrogens with zero attached hydrogens (tertiary/aromatic N) is 2. The van der Waals surface area contributed by atoms with E-state index in [1.807, 2.05) is 24.8 Å². The van der Waals surface area contributed by atoms with Crippen LogP contribution >= 0.6 is 11.3 Å². The Morgan fingerprint density at radius 1 is 1.63 bits per heavy atom. The summed E-state index contributed by atoms with van der Waals surface area (Å²) in [5.41, 5.74) is 5.98. The number of rotatable bonds is 3. The summed E-state index contributed by atoms with van der Waals surface area (Å²) in [5.74, 6) is 0.0630. The molecule has 5 heteroatoms. The zero-order chi connectivity index (χ0) is 13.8. The summed E-state index contributed by atoms with van der Waals surface area (Å²) in [6.07, 6.45) is 8.53. The van der Waals surface area contributed by atoms with Crippen LogP contribution < -0.4 is 5.73 Å². The molecule has 0 radical (unpaired) electrons. The van der Waals surface area contributed by atoms with Crippen LogP contribution in [-0.4, -0.2) is 34.4 Å². The van der Waals surface area contributed by atoms with E-state index in [2.05, 4.69) is 4.98 Å². The lowest BCUT2D eigenvalue weighted by molar-refractivity contribution is -0.129. The summed E-state index contributed by atoms with van der Waals surface area (Å²) in [6, 6.07) is 0.206. The van der Waals surface area contributed by atoms with Crippen LogP contribution in [0.4, 0.5) is 0 Å². The van der Waals surface area contributed by atoms with E-state index in [1.165, 1.54) is 0 Å². The van der Waals surface area contributed by atoms with Crippen LogP contribution in [0.25, 0.3) is 6.08 Å². The molecule has 2 atom stereocenters. The molecule has 104 valence electrons. The molecule has 0 spiro atoms. The molecule has 1 aromatic rings. The highest BCUT2D eigenvalue weighted by molar-refractivity contribution is 7.12. The van der Waals surface area contributed by atoms with Gasteiger partial charge in [-0.15, -0.1) is 11.3 Å². The van der Waals surface area contributed by atoms with Gasteiger partial charge in [0.25, 0.3) is 0 Å². The van der Waals surface area contributed by atoms with Crippen molar-refractivity contribution in [2.75, 3.05) is 6.54 Å². The molecule has 2 heterocycles. The fraction of sp³-hybridized carbons (Fsp3) is 0.571. The van der Waals surface area contributed by atoms with Crippen molar-refractivity contribution in [1.29, 1.82) is 0 Å². The molecule has 19 heavy (non-hydrogen) atoms. The Morgan fingerprint density at radius 2 is 2.42 bits per heavy atom. The average Bonchev–Trinajstić information content (AvgIpc) is 2.81. The van der Waals surface area contributed by atoms with Gasteiger partial charge in [0.15, 0.2) is 0 Å². The average molecular weight is 279 g/mol. The predicted molar refractivity (Wildman–Crippen MR) is 78.9 cm³/mol. The fourth-order valence-corrected chi connectivity index (χ4v) is 3.17. The monoisotopic (exact) mass is 279 g/mol. The van der Waals surface area contributed by atoms with Crippen LogP contribution in [0.15, 0.2) is 12.3 Å². The number of carbonyl (C=O) groups is 1. The van der Waals surface area contributed by atoms with Crippen LogP contribution in [0.3, 0.4) is 0 Å². The van der Waals surface area contributed by atoms with Gasteiger partial charge in [-0.3, -0.25) is 4.79 Å². The third-order valence-electron chi connectivity index (χ3n) is 3.47. The number of nitrogens with two attached hydrogens (primary N) is 1. The number of aryl methyl sites for hydroxylation is 1. The van der Waals surface area contributed by atoms with Gasteiger partial charge in [-0.25, -0.2) is 4.98 Å². The maximum absolute atomic E-state index is 12.3. The van der Waals surface area contributed by atoms with E-state index in [0.717, 1.165) is 35.7 Å². The van der Waals surface area contributed by atoms with Gasteiger partial charge in [0.2, 0.25) is 5.91 Å². The van der Waals surface area contributed by atoms with E-state index in [9.17, 15) is 4.79 Å². The lowest BCUT2D eigenvalue weighted by Gasteiger charge is -2.37. The van der Waals surface area contributed by atoms with Crippen molar-refractivity contribution < 1.29 is 4.79 Å². The molecule has 1 amide bonds. The summed E-state index contributed by atoms with van der Waals surface area (Å²) < 4.78 is 0. The minimum atomic E-state index is 0.0308. The third-order valence-corrected chi connectivity index (χ3v) is 4.35. The van der Waals surface area contributed by atoms with Crippen molar-refractivity contribution >= 4 is 23.3 Å². The van der Waals surface area contributed by atoms with Crippen molar-refractivity contribution in [3.8, 4) is 0 Å². The van der Waals surface area contributed by atoms with E-state index in [-0.39, 0.29) is 18.0 Å². The first-order valence-electron chi connectivity index (χ1n) is 6.74. The van der Waals surface area contributed by atoms with Crippen molar-refractivity contribution in [2.24, 2.45) is 5.73 Å². The molecule has 1 saturated heterocycles. The molecule has 1 fully saturated rings. The number of carbonyl (C=O) groups excluding carboxylic acids is 1. The van der Waals surface area contributed by atoms with Crippen LogP contribution in [0.5, 0.6) is 0 Å². The largest absolute Gasteiger partial charge is 0.335 e. The van der Waals surface area contributed by atoms with Gasteiger partial charge in [-0.1, -0.05) is 0 Å². The highest BCUT2D eigenvalue weighted by Crippen LogP contribution is 2.20. The molecule has 1 aliphatic rings. The minimum Gasteiger partial charge on any atom is -0.335 e. The Labute approximate surface area is 118 Å². The second-order valence-corrected chi connectivity index (χ2v) is 6.34. The Bertz CT molecular complexity index is 467. The van der Waals surface area contributed by atoms with E-state index >= 15 is 0 Å². The first-order valence-corrected chi connectivity index (χ1v) is 7.56. The molecule has 0 aromatic carbocycles. The van der Waals surface area contributed by atoms with Gasteiger partial charge >= 0.3 is 0 Å². The second kappa shape index (κ2) is 6.30. The zero-order valence-electron chi connectivity index (χ0n) is 11.5. The summed E-state index contributed by atoms with van der Waals surface area (Å²) in [4.78, 5) is 19.4. The fourth-order valence-electron chi connectivity index (χ4n) is 2.48. The first-order chi connectivity index (χ1) is 9.08. The molecule has 0 bridgehead atoms. The molecule has 0 aliphatic carbocycles. The topological polar surface area (TPSA) is 59.2 Å². The Balaban J connectivity index is 2.03. The molecule has 0 saturated carbocycles. The minimum absolute atomic E-state index is 0.0308. The smallest absolute Gasteiger partial charge is 0.246 e. The van der Waals surface area contributed by atoms with E-state index in [4.69, 9.17) is 5.73 Å². The number of hydrogen-bond acceptors (Lipinski definition) is 4. The second-order valence-electron chi connectivity index (χ2n) is 5.07. The number of piperidine rings is 1. The van der Waals surface area contributed by atoms with Crippen LogP contribution in [0.2, 0.25) is 0 Å². The van der Waals surface area contributed by atoms with Gasteiger partial charge in [0.1, 0.15) is 0 Å². The van der Waals surface area contributed by atoms with Crippen molar-refractivity contribution in [1.82, 2.24) is 9.88 Å². The van der Waals surface area contributed by atoms with Crippen molar-refractivity contribution in [3.63, 3.8) is 0 Å². The number of thiazole rings is 1. The highest BCUT2D eigenvalue weighted by atomic mass is 32.1. The summed E-state index contributed by atoms with van der Waals surface area (Å²) in [7, 11) is 0. The maximum Gasteiger partial charge on any atom is 0.246 e. The maximum atomic E-state index is 12.3. The lowest BCUT2D eigenvalue weighted by Crippen LogP contribution is -2.51. The zero-order valence-corrected chi connectivity index (χ0v) is 12.3. The molecule has 1 aromatic heterocycles. The lowest BCUT2D eigenvalue weighted by atomic mass is 9.97. The quantitative estimate of drug-likeness (QED) is 0.863. The normalized spacial score (nSPS) is 21.8. The van der Waals surface area contributed by atoms with Crippen molar-refractivity contribution in [3.05, 3.63) is 22.2 Å². The number of likely N-dealkylation sites (tertiary alicyclic amines) is 1. The summed E-state index contributed by atoms with van der Waals surface area (Å²) in [6.45, 7) is 4.75. The van der Waals surface area contributed by atoms with E-state index < -0.39 is 0 Å².